The van der Waals surface area contributed by atoms with Gasteiger partial charge >= 0.3 is 0 Å². The van der Waals surface area contributed by atoms with Gasteiger partial charge in [0.1, 0.15) is 24.0 Å². The lowest BCUT2D eigenvalue weighted by Gasteiger charge is -2.32. The predicted octanol–water partition coefficient (Wildman–Crippen LogP) is 7.59. The SMILES string of the molecule is CCN(CCOc1ccccc1C(C)N(c1cc(F)ccc1F)S(=O)(=O)c1ccc(Cl)cc1)C(=O)CSc1ccccc1. The summed E-state index contributed by atoms with van der Waals surface area (Å²) in [6.07, 6.45) is 0. The topological polar surface area (TPSA) is 66.9 Å². The highest BCUT2D eigenvalue weighted by Crippen LogP contribution is 2.38. The molecule has 0 spiro atoms. The van der Waals surface area contributed by atoms with Crippen LogP contribution in [0.15, 0.2) is 107 Å². The largest absolute Gasteiger partial charge is 0.491 e. The summed E-state index contributed by atoms with van der Waals surface area (Å²) in [7, 11) is -4.40. The van der Waals surface area contributed by atoms with Crippen LogP contribution in [0.5, 0.6) is 5.75 Å². The third-order valence-corrected chi connectivity index (χ3v) is 9.84. The second-order valence-corrected chi connectivity index (χ2v) is 12.8. The molecule has 0 heterocycles. The molecule has 11 heteroatoms. The first-order valence-corrected chi connectivity index (χ1v) is 16.3. The number of amides is 1. The van der Waals surface area contributed by atoms with E-state index in [1.807, 2.05) is 37.3 Å². The summed E-state index contributed by atoms with van der Waals surface area (Å²) in [5.74, 6) is -1.11. The minimum Gasteiger partial charge on any atom is -0.491 e. The molecular formula is C32H31ClF2N2O4S2. The van der Waals surface area contributed by atoms with E-state index in [4.69, 9.17) is 16.3 Å². The average Bonchev–Trinajstić information content (AvgIpc) is 3.00. The van der Waals surface area contributed by atoms with Crippen molar-refractivity contribution in [1.29, 1.82) is 0 Å². The highest BCUT2D eigenvalue weighted by Gasteiger charge is 2.34. The highest BCUT2D eigenvalue weighted by molar-refractivity contribution is 8.00. The van der Waals surface area contributed by atoms with E-state index in [1.165, 1.54) is 36.0 Å². The zero-order valence-electron chi connectivity index (χ0n) is 23.6. The molecule has 226 valence electrons. The lowest BCUT2D eigenvalue weighted by atomic mass is 10.1. The van der Waals surface area contributed by atoms with Crippen LogP contribution in [0.4, 0.5) is 14.5 Å². The molecule has 0 fully saturated rings. The van der Waals surface area contributed by atoms with E-state index in [0.717, 1.165) is 27.4 Å². The third kappa shape index (κ3) is 8.07. The second-order valence-electron chi connectivity index (χ2n) is 9.49. The molecule has 0 aliphatic heterocycles. The van der Waals surface area contributed by atoms with Crippen molar-refractivity contribution in [2.45, 2.75) is 29.7 Å². The highest BCUT2D eigenvalue weighted by atomic mass is 35.5. The van der Waals surface area contributed by atoms with Gasteiger partial charge in [-0.3, -0.25) is 9.10 Å². The second kappa shape index (κ2) is 14.7. The first-order chi connectivity index (χ1) is 20.6. The number of hydrogen-bond donors (Lipinski definition) is 0. The van der Waals surface area contributed by atoms with Gasteiger partial charge in [-0.05, 0) is 68.4 Å². The molecule has 0 aliphatic carbocycles. The van der Waals surface area contributed by atoms with E-state index in [9.17, 15) is 17.6 Å². The smallest absolute Gasteiger partial charge is 0.264 e. The minimum atomic E-state index is -4.40. The van der Waals surface area contributed by atoms with Crippen molar-refractivity contribution in [3.05, 3.63) is 119 Å². The number of carbonyl (C=O) groups excluding carboxylic acids is 1. The van der Waals surface area contributed by atoms with E-state index < -0.39 is 33.4 Å². The molecule has 43 heavy (non-hydrogen) atoms. The van der Waals surface area contributed by atoms with Gasteiger partial charge in [-0.1, -0.05) is 48.0 Å². The maximum absolute atomic E-state index is 15.1. The molecule has 0 saturated carbocycles. The van der Waals surface area contributed by atoms with Crippen molar-refractivity contribution in [2.24, 2.45) is 0 Å². The molecule has 0 radical (unpaired) electrons. The van der Waals surface area contributed by atoms with E-state index in [0.29, 0.717) is 29.4 Å². The Morgan fingerprint density at radius 2 is 1.63 bits per heavy atom. The Labute approximate surface area is 260 Å². The Hall–Kier alpha value is -3.60. The zero-order chi connectivity index (χ0) is 31.0. The Morgan fingerprint density at radius 1 is 0.953 bits per heavy atom. The number of ether oxygens (including phenoxy) is 1. The van der Waals surface area contributed by atoms with Gasteiger partial charge in [-0.25, -0.2) is 17.2 Å². The molecule has 0 aliphatic rings. The van der Waals surface area contributed by atoms with Crippen LogP contribution in [0.3, 0.4) is 0 Å². The summed E-state index contributed by atoms with van der Waals surface area (Å²) >= 11 is 7.42. The van der Waals surface area contributed by atoms with Crippen LogP contribution in [0, 0.1) is 11.6 Å². The van der Waals surface area contributed by atoms with Gasteiger partial charge in [0.2, 0.25) is 5.91 Å². The van der Waals surface area contributed by atoms with Gasteiger partial charge in [0.15, 0.2) is 0 Å². The van der Waals surface area contributed by atoms with Crippen molar-refractivity contribution in [3.63, 3.8) is 0 Å². The van der Waals surface area contributed by atoms with Crippen molar-refractivity contribution >= 4 is 45.0 Å². The molecule has 4 aromatic carbocycles. The molecular weight excluding hydrogens is 614 g/mol. The lowest BCUT2D eigenvalue weighted by molar-refractivity contribution is -0.128. The van der Waals surface area contributed by atoms with Crippen molar-refractivity contribution < 1.29 is 26.7 Å². The number of sulfonamides is 1. The van der Waals surface area contributed by atoms with Gasteiger partial charge in [0, 0.05) is 28.1 Å². The predicted molar refractivity (Wildman–Crippen MR) is 167 cm³/mol. The number of carbonyl (C=O) groups is 1. The van der Waals surface area contributed by atoms with Gasteiger partial charge in [-0.15, -0.1) is 11.8 Å². The fraction of sp³-hybridized carbons (Fsp3) is 0.219. The van der Waals surface area contributed by atoms with Gasteiger partial charge in [0.05, 0.1) is 28.9 Å². The summed E-state index contributed by atoms with van der Waals surface area (Å²) in [6.45, 7) is 4.38. The molecule has 1 unspecified atom stereocenters. The van der Waals surface area contributed by atoms with Gasteiger partial charge < -0.3 is 9.64 Å². The van der Waals surface area contributed by atoms with Crippen molar-refractivity contribution in [1.82, 2.24) is 4.90 Å². The van der Waals surface area contributed by atoms with Gasteiger partial charge in [0.25, 0.3) is 10.0 Å². The fourth-order valence-electron chi connectivity index (χ4n) is 4.48. The summed E-state index contributed by atoms with van der Waals surface area (Å²) in [5.41, 5.74) is -0.0198. The van der Waals surface area contributed by atoms with Crippen LogP contribution in [-0.2, 0) is 14.8 Å². The maximum atomic E-state index is 15.1. The Balaban J connectivity index is 1.57. The Bertz CT molecular complexity index is 1640. The van der Waals surface area contributed by atoms with Crippen LogP contribution in [-0.4, -0.2) is 44.7 Å². The molecule has 4 aromatic rings. The van der Waals surface area contributed by atoms with Crippen LogP contribution in [0.25, 0.3) is 0 Å². The lowest BCUT2D eigenvalue weighted by Crippen LogP contribution is -2.36. The number of halogens is 3. The molecule has 6 nitrogen and oxygen atoms in total. The fourth-order valence-corrected chi connectivity index (χ4v) is 7.07. The monoisotopic (exact) mass is 644 g/mol. The van der Waals surface area contributed by atoms with E-state index in [2.05, 4.69) is 0 Å². The minimum absolute atomic E-state index is 0.0385. The van der Waals surface area contributed by atoms with E-state index in [-0.39, 0.29) is 23.2 Å². The number of likely N-dealkylation sites (N-methyl/N-ethyl adjacent to an activating group) is 1. The number of rotatable bonds is 13. The molecule has 0 N–H and O–H groups in total. The Morgan fingerprint density at radius 3 is 2.33 bits per heavy atom. The van der Waals surface area contributed by atoms with E-state index >= 15 is 4.39 Å². The molecule has 1 atom stereocenters. The van der Waals surface area contributed by atoms with E-state index in [1.54, 1.807) is 36.1 Å². The average molecular weight is 645 g/mol. The number of benzene rings is 4. The first-order valence-electron chi connectivity index (χ1n) is 13.5. The number of nitrogens with zero attached hydrogens (tertiary/aromatic N) is 2. The number of para-hydroxylation sites is 1. The number of hydrogen-bond acceptors (Lipinski definition) is 5. The van der Waals surface area contributed by atoms with Crippen molar-refractivity contribution in [3.8, 4) is 5.75 Å². The molecule has 4 rings (SSSR count). The van der Waals surface area contributed by atoms with Crippen molar-refractivity contribution in [2.75, 3.05) is 29.8 Å². The zero-order valence-corrected chi connectivity index (χ0v) is 26.0. The molecule has 1 amide bonds. The van der Waals surface area contributed by atoms with Crippen LogP contribution < -0.4 is 9.04 Å². The normalized spacial score (nSPS) is 12.0. The summed E-state index contributed by atoms with van der Waals surface area (Å²) in [5, 5.41) is 0.326. The maximum Gasteiger partial charge on any atom is 0.264 e. The van der Waals surface area contributed by atoms with Crippen LogP contribution >= 0.6 is 23.4 Å². The quantitative estimate of drug-likeness (QED) is 0.140. The first kappa shape index (κ1) is 32.3. The van der Waals surface area contributed by atoms with Crippen LogP contribution in [0.1, 0.15) is 25.5 Å². The number of thioether (sulfide) groups is 1. The summed E-state index contributed by atoms with van der Waals surface area (Å²) in [6, 6.07) is 23.5. The molecule has 0 aromatic heterocycles. The standard InChI is InChI=1S/C32H31ClF2N2O4S2/c1-3-36(32(38)22-42-26-9-5-4-6-10-26)19-20-41-31-12-8-7-11-28(31)23(2)37(30-21-25(34)15-18-29(30)35)43(39,40)27-16-13-24(33)14-17-27/h4-18,21,23H,3,19-20,22H2,1-2H3. The third-order valence-electron chi connectivity index (χ3n) is 6.70. The molecule has 0 bridgehead atoms. The summed E-state index contributed by atoms with van der Waals surface area (Å²) in [4.78, 5) is 15.4. The van der Waals surface area contributed by atoms with Crippen LogP contribution in [0.2, 0.25) is 5.02 Å². The van der Waals surface area contributed by atoms with Gasteiger partial charge in [-0.2, -0.15) is 0 Å². The molecule has 0 saturated heterocycles. The summed E-state index contributed by atoms with van der Waals surface area (Å²) < 4.78 is 64.2. The Kier molecular flexibility index (Phi) is 11.1. The number of anilines is 1.